The van der Waals surface area contributed by atoms with E-state index in [0.29, 0.717) is 11.3 Å². The molecule has 0 amide bonds. The Bertz CT molecular complexity index is 1180. The van der Waals surface area contributed by atoms with E-state index < -0.39 is 5.97 Å². The van der Waals surface area contributed by atoms with E-state index in [2.05, 4.69) is 43.3 Å². The molecule has 0 heterocycles. The second kappa shape index (κ2) is 11.5. The van der Waals surface area contributed by atoms with Crippen LogP contribution in [0.3, 0.4) is 0 Å². The topological polar surface area (TPSA) is 46.5 Å². The van der Waals surface area contributed by atoms with E-state index in [0.717, 1.165) is 56.9 Å². The van der Waals surface area contributed by atoms with E-state index >= 15 is 0 Å². The summed E-state index contributed by atoms with van der Waals surface area (Å²) in [4.78, 5) is 11.2. The van der Waals surface area contributed by atoms with Gasteiger partial charge >= 0.3 is 5.97 Å². The molecule has 3 nitrogen and oxygen atoms in total. The predicted molar refractivity (Wildman–Crippen MR) is 139 cm³/mol. The van der Waals surface area contributed by atoms with Crippen molar-refractivity contribution in [2.24, 2.45) is 0 Å². The predicted octanol–water partition coefficient (Wildman–Crippen LogP) is 7.52. The van der Waals surface area contributed by atoms with Gasteiger partial charge in [0.25, 0.3) is 0 Å². The number of carboxylic acids is 1. The molecule has 3 aromatic rings. The smallest absolute Gasteiger partial charge is 0.303 e. The number of aryl methyl sites for hydroxylation is 4. The van der Waals surface area contributed by atoms with E-state index in [1.807, 2.05) is 0 Å². The van der Waals surface area contributed by atoms with Crippen LogP contribution in [0.5, 0.6) is 5.75 Å². The highest BCUT2D eigenvalue weighted by Gasteiger charge is 2.24. The zero-order chi connectivity index (χ0) is 24.8. The molecule has 1 aliphatic rings. The summed E-state index contributed by atoms with van der Waals surface area (Å²) in [6, 6.07) is 17.9. The number of unbranched alkanes of at least 4 members (excludes halogenated alkanes) is 2. The van der Waals surface area contributed by atoms with Crippen molar-refractivity contribution in [3.05, 3.63) is 88.2 Å². The zero-order valence-corrected chi connectivity index (χ0v) is 20.8. The molecule has 184 valence electrons. The number of ether oxygens (including phenoxy) is 1. The van der Waals surface area contributed by atoms with Crippen LogP contribution < -0.4 is 4.74 Å². The maximum Gasteiger partial charge on any atom is 0.303 e. The number of methoxy groups -OCH3 is 1. The molecule has 4 heteroatoms. The molecular weight excluding hydrogens is 439 g/mol. The first-order valence-electron chi connectivity index (χ1n) is 12.8. The van der Waals surface area contributed by atoms with Crippen molar-refractivity contribution < 1.29 is 19.0 Å². The second-order valence-corrected chi connectivity index (χ2v) is 9.66. The SMILES string of the molecule is CCCCCc1cc(CCc2ccc3c(c2)[C@@H](CC(=O)O)CC3)ccc1-c1cc(OC)ccc1F. The van der Waals surface area contributed by atoms with Gasteiger partial charge in [0.1, 0.15) is 11.6 Å². The van der Waals surface area contributed by atoms with Gasteiger partial charge in [-0.3, -0.25) is 4.79 Å². The number of hydrogen-bond acceptors (Lipinski definition) is 2. The third-order valence-electron chi connectivity index (χ3n) is 7.22. The van der Waals surface area contributed by atoms with Crippen molar-refractivity contribution in [3.63, 3.8) is 0 Å². The van der Waals surface area contributed by atoms with Crippen LogP contribution in [0.4, 0.5) is 4.39 Å². The summed E-state index contributed by atoms with van der Waals surface area (Å²) in [7, 11) is 1.60. The van der Waals surface area contributed by atoms with E-state index in [9.17, 15) is 14.3 Å². The maximum absolute atomic E-state index is 14.8. The van der Waals surface area contributed by atoms with Gasteiger partial charge in [-0.1, -0.05) is 56.2 Å². The molecule has 0 fully saturated rings. The molecule has 1 N–H and O–H groups in total. The lowest BCUT2D eigenvalue weighted by atomic mass is 9.91. The number of benzene rings is 3. The number of aliphatic carboxylic acids is 1. The molecular formula is C31H35FO3. The lowest BCUT2D eigenvalue weighted by Gasteiger charge is -2.15. The first-order valence-corrected chi connectivity index (χ1v) is 12.8. The average Bonchev–Trinajstić information content (AvgIpc) is 3.25. The summed E-state index contributed by atoms with van der Waals surface area (Å²) < 4.78 is 20.1. The minimum absolute atomic E-state index is 0.129. The molecule has 0 saturated heterocycles. The van der Waals surface area contributed by atoms with Crippen LogP contribution in [0.1, 0.15) is 72.8 Å². The molecule has 0 bridgehead atoms. The average molecular weight is 475 g/mol. The summed E-state index contributed by atoms with van der Waals surface area (Å²) in [5.74, 6) is -0.173. The van der Waals surface area contributed by atoms with Crippen molar-refractivity contribution in [1.82, 2.24) is 0 Å². The minimum Gasteiger partial charge on any atom is -0.497 e. The molecule has 0 radical (unpaired) electrons. The van der Waals surface area contributed by atoms with Gasteiger partial charge in [0, 0.05) is 5.56 Å². The van der Waals surface area contributed by atoms with Crippen molar-refractivity contribution in [1.29, 1.82) is 0 Å². The monoisotopic (exact) mass is 474 g/mol. The number of rotatable bonds is 11. The Morgan fingerprint density at radius 2 is 1.74 bits per heavy atom. The summed E-state index contributed by atoms with van der Waals surface area (Å²) >= 11 is 0. The minimum atomic E-state index is -0.726. The highest BCUT2D eigenvalue weighted by molar-refractivity contribution is 5.70. The van der Waals surface area contributed by atoms with Crippen LogP contribution in [0.25, 0.3) is 11.1 Å². The van der Waals surface area contributed by atoms with Gasteiger partial charge in [-0.25, -0.2) is 4.39 Å². The van der Waals surface area contributed by atoms with E-state index in [1.165, 1.54) is 33.9 Å². The van der Waals surface area contributed by atoms with Gasteiger partial charge in [0.2, 0.25) is 0 Å². The molecule has 0 unspecified atom stereocenters. The summed E-state index contributed by atoms with van der Waals surface area (Å²) in [5, 5.41) is 9.24. The zero-order valence-electron chi connectivity index (χ0n) is 20.8. The standard InChI is InChI=1S/C31H35FO3/c1-3-4-5-6-24-17-21(10-15-27(24)29-20-26(35-2)14-16-30(29)32)7-8-22-9-11-23-12-13-25(19-31(33)34)28(23)18-22/h9-11,14-18,20,25H,3-8,12-13,19H2,1-2H3,(H,33,34)/t25-/m1/s1. The van der Waals surface area contributed by atoms with Crippen LogP contribution >= 0.6 is 0 Å². The van der Waals surface area contributed by atoms with E-state index in [1.54, 1.807) is 19.2 Å². The lowest BCUT2D eigenvalue weighted by molar-refractivity contribution is -0.137. The molecule has 0 spiro atoms. The number of carboxylic acid groups (broad SMARTS) is 1. The van der Waals surface area contributed by atoms with E-state index in [4.69, 9.17) is 4.74 Å². The first-order chi connectivity index (χ1) is 17.0. The largest absolute Gasteiger partial charge is 0.497 e. The normalized spacial score (nSPS) is 14.7. The Morgan fingerprint density at radius 1 is 0.971 bits per heavy atom. The van der Waals surface area contributed by atoms with Gasteiger partial charge in [-0.2, -0.15) is 0 Å². The van der Waals surface area contributed by atoms with Gasteiger partial charge in [0.15, 0.2) is 0 Å². The van der Waals surface area contributed by atoms with Crippen molar-refractivity contribution >= 4 is 5.97 Å². The fraction of sp³-hybridized carbons (Fsp3) is 0.387. The fourth-order valence-electron chi connectivity index (χ4n) is 5.28. The molecule has 0 aromatic heterocycles. The Labute approximate surface area is 208 Å². The van der Waals surface area contributed by atoms with Crippen molar-refractivity contribution in [3.8, 4) is 16.9 Å². The van der Waals surface area contributed by atoms with Gasteiger partial charge < -0.3 is 9.84 Å². The van der Waals surface area contributed by atoms with Crippen LogP contribution in [-0.4, -0.2) is 18.2 Å². The van der Waals surface area contributed by atoms with Gasteiger partial charge in [-0.05, 0) is 96.0 Å². The molecule has 1 atom stereocenters. The quantitative estimate of drug-likeness (QED) is 0.292. The highest BCUT2D eigenvalue weighted by atomic mass is 19.1. The fourth-order valence-corrected chi connectivity index (χ4v) is 5.28. The Morgan fingerprint density at radius 3 is 2.49 bits per heavy atom. The summed E-state index contributed by atoms with van der Waals surface area (Å²) in [6.07, 6.45) is 8.18. The lowest BCUT2D eigenvalue weighted by Crippen LogP contribution is -2.04. The number of hydrogen-bond donors (Lipinski definition) is 1. The number of fused-ring (bicyclic) bond motifs is 1. The summed E-state index contributed by atoms with van der Waals surface area (Å²) in [5.41, 5.74) is 7.71. The molecule has 1 aliphatic carbocycles. The van der Waals surface area contributed by atoms with Crippen LogP contribution in [-0.2, 0) is 30.5 Å². The Balaban J connectivity index is 1.55. The highest BCUT2D eigenvalue weighted by Crippen LogP contribution is 2.36. The third kappa shape index (κ3) is 6.11. The van der Waals surface area contributed by atoms with E-state index in [-0.39, 0.29) is 18.2 Å². The molecule has 4 rings (SSSR count). The van der Waals surface area contributed by atoms with Crippen LogP contribution in [0.2, 0.25) is 0 Å². The molecule has 35 heavy (non-hydrogen) atoms. The Kier molecular flexibility index (Phi) is 8.22. The number of carbonyl (C=O) groups is 1. The van der Waals surface area contributed by atoms with Gasteiger partial charge in [-0.15, -0.1) is 0 Å². The van der Waals surface area contributed by atoms with Gasteiger partial charge in [0.05, 0.1) is 13.5 Å². The molecule has 0 saturated carbocycles. The summed E-state index contributed by atoms with van der Waals surface area (Å²) in [6.45, 7) is 2.19. The third-order valence-corrected chi connectivity index (χ3v) is 7.22. The first kappa shape index (κ1) is 25.0. The number of halogens is 1. The second-order valence-electron chi connectivity index (χ2n) is 9.66. The van der Waals surface area contributed by atoms with Crippen molar-refractivity contribution in [2.45, 2.75) is 70.6 Å². The molecule has 3 aromatic carbocycles. The van der Waals surface area contributed by atoms with Crippen molar-refractivity contribution in [2.75, 3.05) is 7.11 Å². The molecule has 0 aliphatic heterocycles. The van der Waals surface area contributed by atoms with Crippen LogP contribution in [0, 0.1) is 5.82 Å². The maximum atomic E-state index is 14.8. The van der Waals surface area contributed by atoms with Crippen LogP contribution in [0.15, 0.2) is 54.6 Å². The Hall–Kier alpha value is -3.14.